The minimum atomic E-state index is 0.188. The van der Waals surface area contributed by atoms with Gasteiger partial charge >= 0.3 is 0 Å². The summed E-state index contributed by atoms with van der Waals surface area (Å²) in [5.74, 6) is 0.992. The van der Waals surface area contributed by atoms with Crippen molar-refractivity contribution in [2.24, 2.45) is 0 Å². The van der Waals surface area contributed by atoms with Crippen LogP contribution in [-0.4, -0.2) is 27.2 Å². The van der Waals surface area contributed by atoms with Gasteiger partial charge in [0.2, 0.25) is 0 Å². The first-order valence-corrected chi connectivity index (χ1v) is 6.42. The second kappa shape index (κ2) is 6.06. The number of nitrogens with one attached hydrogen (secondary N) is 1. The highest BCUT2D eigenvalue weighted by Crippen LogP contribution is 2.25. The third kappa shape index (κ3) is 5.22. The fourth-order valence-corrected chi connectivity index (χ4v) is 1.67. The van der Waals surface area contributed by atoms with Crippen LogP contribution >= 0.6 is 0 Å². The third-order valence-electron chi connectivity index (χ3n) is 2.79. The maximum atomic E-state index is 5.78. The molecule has 0 fully saturated rings. The number of rotatable bonds is 5. The molecule has 0 aliphatic carbocycles. The first-order chi connectivity index (χ1) is 7.89. The SMILES string of the molecule is C[NH+](C)CCCOc1cccc(C(C)(C)C)c1. The normalized spacial score (nSPS) is 11.9. The molecule has 0 amide bonds. The van der Waals surface area contributed by atoms with Crippen molar-refractivity contribution in [2.45, 2.75) is 32.6 Å². The molecule has 0 heterocycles. The molecular weight excluding hydrogens is 210 g/mol. The summed E-state index contributed by atoms with van der Waals surface area (Å²) >= 11 is 0. The largest absolute Gasteiger partial charge is 0.493 e. The topological polar surface area (TPSA) is 13.7 Å². The van der Waals surface area contributed by atoms with E-state index in [2.05, 4.69) is 53.1 Å². The Kier molecular flexibility index (Phi) is 5.01. The quantitative estimate of drug-likeness (QED) is 0.771. The summed E-state index contributed by atoms with van der Waals surface area (Å²) in [6.45, 7) is 8.63. The van der Waals surface area contributed by atoms with Crippen molar-refractivity contribution in [3.05, 3.63) is 29.8 Å². The molecule has 0 aliphatic rings. The number of hydrogen-bond acceptors (Lipinski definition) is 1. The Bertz CT molecular complexity index is 339. The van der Waals surface area contributed by atoms with Gasteiger partial charge in [-0.15, -0.1) is 0 Å². The van der Waals surface area contributed by atoms with Crippen LogP contribution in [0.15, 0.2) is 24.3 Å². The molecule has 1 rings (SSSR count). The molecule has 0 saturated heterocycles. The lowest BCUT2D eigenvalue weighted by atomic mass is 9.87. The minimum absolute atomic E-state index is 0.188. The monoisotopic (exact) mass is 236 g/mol. The van der Waals surface area contributed by atoms with Crippen molar-refractivity contribution in [1.29, 1.82) is 0 Å². The summed E-state index contributed by atoms with van der Waals surface area (Å²) in [5, 5.41) is 0. The maximum Gasteiger partial charge on any atom is 0.119 e. The summed E-state index contributed by atoms with van der Waals surface area (Å²) in [4.78, 5) is 1.47. The average molecular weight is 236 g/mol. The molecule has 2 nitrogen and oxygen atoms in total. The molecule has 0 bridgehead atoms. The van der Waals surface area contributed by atoms with E-state index in [0.29, 0.717) is 0 Å². The predicted molar refractivity (Wildman–Crippen MR) is 72.9 cm³/mol. The molecule has 0 spiro atoms. The van der Waals surface area contributed by atoms with Crippen LogP contribution in [0.3, 0.4) is 0 Å². The van der Waals surface area contributed by atoms with Crippen LogP contribution in [0.4, 0.5) is 0 Å². The van der Waals surface area contributed by atoms with Gasteiger partial charge in [-0.2, -0.15) is 0 Å². The fraction of sp³-hybridized carbons (Fsp3) is 0.600. The first kappa shape index (κ1) is 14.0. The minimum Gasteiger partial charge on any atom is -0.493 e. The van der Waals surface area contributed by atoms with Crippen molar-refractivity contribution < 1.29 is 9.64 Å². The van der Waals surface area contributed by atoms with E-state index >= 15 is 0 Å². The zero-order chi connectivity index (χ0) is 12.9. The summed E-state index contributed by atoms with van der Waals surface area (Å²) < 4.78 is 5.78. The van der Waals surface area contributed by atoms with Gasteiger partial charge in [0.1, 0.15) is 5.75 Å². The molecule has 0 saturated carbocycles. The molecule has 17 heavy (non-hydrogen) atoms. The lowest BCUT2D eigenvalue weighted by Crippen LogP contribution is -3.05. The van der Waals surface area contributed by atoms with Gasteiger partial charge in [-0.25, -0.2) is 0 Å². The molecule has 0 unspecified atom stereocenters. The van der Waals surface area contributed by atoms with Gasteiger partial charge in [0.15, 0.2) is 0 Å². The van der Waals surface area contributed by atoms with E-state index in [0.717, 1.165) is 25.3 Å². The number of hydrogen-bond donors (Lipinski definition) is 1. The molecule has 96 valence electrons. The Morgan fingerprint density at radius 1 is 1.18 bits per heavy atom. The van der Waals surface area contributed by atoms with E-state index in [-0.39, 0.29) is 5.41 Å². The van der Waals surface area contributed by atoms with Gasteiger partial charge < -0.3 is 9.64 Å². The summed E-state index contributed by atoms with van der Waals surface area (Å²) in [6.07, 6.45) is 1.10. The smallest absolute Gasteiger partial charge is 0.119 e. The van der Waals surface area contributed by atoms with Crippen molar-refractivity contribution >= 4 is 0 Å². The zero-order valence-corrected chi connectivity index (χ0v) is 11.8. The van der Waals surface area contributed by atoms with Gasteiger partial charge in [0.25, 0.3) is 0 Å². The zero-order valence-electron chi connectivity index (χ0n) is 11.8. The van der Waals surface area contributed by atoms with Crippen molar-refractivity contribution in [2.75, 3.05) is 27.2 Å². The van der Waals surface area contributed by atoms with Crippen LogP contribution < -0.4 is 9.64 Å². The second-order valence-electron chi connectivity index (χ2n) is 5.94. The van der Waals surface area contributed by atoms with Gasteiger partial charge in [-0.3, -0.25) is 0 Å². The number of ether oxygens (including phenoxy) is 1. The van der Waals surface area contributed by atoms with E-state index in [1.165, 1.54) is 10.5 Å². The van der Waals surface area contributed by atoms with Crippen molar-refractivity contribution in [3.63, 3.8) is 0 Å². The molecule has 0 radical (unpaired) electrons. The van der Waals surface area contributed by atoms with Crippen molar-refractivity contribution in [3.8, 4) is 5.75 Å². The van der Waals surface area contributed by atoms with E-state index in [4.69, 9.17) is 4.74 Å². The van der Waals surface area contributed by atoms with E-state index in [1.807, 2.05) is 6.07 Å². The van der Waals surface area contributed by atoms with Crippen LogP contribution in [-0.2, 0) is 5.41 Å². The molecule has 0 aromatic heterocycles. The molecule has 0 aliphatic heterocycles. The van der Waals surface area contributed by atoms with Crippen LogP contribution in [0.1, 0.15) is 32.8 Å². The van der Waals surface area contributed by atoms with E-state index < -0.39 is 0 Å². The second-order valence-corrected chi connectivity index (χ2v) is 5.94. The lowest BCUT2D eigenvalue weighted by molar-refractivity contribution is -0.858. The lowest BCUT2D eigenvalue weighted by Gasteiger charge is -2.19. The molecule has 1 aromatic rings. The molecule has 1 aromatic carbocycles. The highest BCUT2D eigenvalue weighted by Gasteiger charge is 2.13. The Morgan fingerprint density at radius 2 is 1.88 bits per heavy atom. The van der Waals surface area contributed by atoms with E-state index in [9.17, 15) is 0 Å². The Balaban J connectivity index is 2.49. The highest BCUT2D eigenvalue weighted by molar-refractivity contribution is 5.32. The van der Waals surface area contributed by atoms with Gasteiger partial charge in [-0.05, 0) is 23.1 Å². The van der Waals surface area contributed by atoms with Crippen LogP contribution in [0.25, 0.3) is 0 Å². The average Bonchev–Trinajstić information content (AvgIpc) is 2.23. The van der Waals surface area contributed by atoms with Gasteiger partial charge in [-0.1, -0.05) is 32.9 Å². The maximum absolute atomic E-state index is 5.78. The molecule has 0 atom stereocenters. The summed E-state index contributed by atoms with van der Waals surface area (Å²) in [6, 6.07) is 8.43. The Morgan fingerprint density at radius 3 is 2.47 bits per heavy atom. The Hall–Kier alpha value is -1.02. The number of quaternary nitrogens is 1. The van der Waals surface area contributed by atoms with Crippen LogP contribution in [0.2, 0.25) is 0 Å². The Labute approximate surface area is 106 Å². The summed E-state index contributed by atoms with van der Waals surface area (Å²) in [7, 11) is 4.33. The van der Waals surface area contributed by atoms with Crippen LogP contribution in [0.5, 0.6) is 5.75 Å². The fourth-order valence-electron chi connectivity index (χ4n) is 1.67. The predicted octanol–water partition coefficient (Wildman–Crippen LogP) is 1.90. The van der Waals surface area contributed by atoms with E-state index in [1.54, 1.807) is 0 Å². The standard InChI is InChI=1S/C15H25NO/c1-15(2,3)13-8-6-9-14(12-13)17-11-7-10-16(4)5/h6,8-9,12H,7,10-11H2,1-5H3/p+1. The van der Waals surface area contributed by atoms with Gasteiger partial charge in [0, 0.05) is 6.42 Å². The summed E-state index contributed by atoms with van der Waals surface area (Å²) in [5.41, 5.74) is 1.51. The molecule has 2 heteroatoms. The molecule has 1 N–H and O–H groups in total. The highest BCUT2D eigenvalue weighted by atomic mass is 16.5. The van der Waals surface area contributed by atoms with Gasteiger partial charge in [0.05, 0.1) is 27.2 Å². The van der Waals surface area contributed by atoms with Crippen LogP contribution in [0, 0.1) is 0 Å². The molecular formula is C15H26NO+. The first-order valence-electron chi connectivity index (χ1n) is 6.42. The third-order valence-corrected chi connectivity index (χ3v) is 2.79. The number of benzene rings is 1. The van der Waals surface area contributed by atoms with Crippen molar-refractivity contribution in [1.82, 2.24) is 0 Å².